The van der Waals surface area contributed by atoms with E-state index in [1.54, 1.807) is 0 Å². The fraction of sp³-hybridized carbons (Fsp3) is 0. The van der Waals surface area contributed by atoms with Gasteiger partial charge in [0, 0.05) is 0 Å². The van der Waals surface area contributed by atoms with E-state index in [1.807, 2.05) is 0 Å². The molecule has 0 aliphatic rings. The Morgan fingerprint density at radius 1 is 2.00 bits per heavy atom. The fourth-order valence-corrected chi connectivity index (χ4v) is 0. The number of hydrogen-bond donors (Lipinski definition) is 0. The maximum absolute atomic E-state index is 4.74. The van der Waals surface area contributed by atoms with E-state index < -0.39 is 0 Å². The molecule has 0 saturated carbocycles. The molecule has 0 radical (unpaired) electrons. The molecule has 22 valence electrons. The van der Waals surface area contributed by atoms with Gasteiger partial charge in [-0.15, -0.1) is 0 Å². The van der Waals surface area contributed by atoms with E-state index in [-0.39, 0.29) is 13.7 Å². The summed E-state index contributed by atoms with van der Waals surface area (Å²) in [6, 6.07) is 0. The van der Waals surface area contributed by atoms with Crippen molar-refractivity contribution in [2.75, 3.05) is 0 Å². The van der Waals surface area contributed by atoms with Crippen molar-refractivity contribution < 1.29 is 2.84 Å². The van der Waals surface area contributed by atoms with Gasteiger partial charge in [0.2, 0.25) is 0 Å². The van der Waals surface area contributed by atoms with Gasteiger partial charge in [-0.2, -0.15) is 14.1 Å². The van der Waals surface area contributed by atoms with E-state index in [0.29, 0.717) is 0 Å². The molecular weight excluding hydrogens is 150 g/mol. The Bertz CT molecular complexity index is 8.00. The maximum Gasteiger partial charge on any atom is 0.501 e. The fourth-order valence-electron chi connectivity index (χ4n) is 0. The van der Waals surface area contributed by atoms with Gasteiger partial charge in [-0.25, -0.2) is 0 Å². The smallest absolute Gasteiger partial charge is 0.501 e. The molecule has 0 unspecified atom stereocenters. The van der Waals surface area contributed by atoms with Crippen LogP contribution in [-0.2, 0) is 2.84 Å². The van der Waals surface area contributed by atoms with Crippen molar-refractivity contribution in [2.24, 2.45) is 0 Å². The van der Waals surface area contributed by atoms with Gasteiger partial charge in [-0.05, 0) is 0 Å². The number of rotatable bonds is 1. The van der Waals surface area contributed by atoms with Crippen molar-refractivity contribution >= 4 is 44.4 Å². The molecule has 0 aliphatic carbocycles. The second kappa shape index (κ2) is 4.50. The van der Waals surface area contributed by atoms with Crippen LogP contribution in [0.2, 0.25) is 0 Å². The summed E-state index contributed by atoms with van der Waals surface area (Å²) < 4.78 is 4.74. The van der Waals surface area contributed by atoms with Crippen LogP contribution in [0.15, 0.2) is 0 Å². The van der Waals surface area contributed by atoms with Crippen LogP contribution in [0, 0.1) is 0 Å². The first-order valence-electron chi connectivity index (χ1n) is 0.964. The Morgan fingerprint density at radius 2 is 2.25 bits per heavy atom. The van der Waals surface area contributed by atoms with E-state index in [4.69, 9.17) is 2.84 Å². The van der Waals surface area contributed by atoms with Gasteiger partial charge in [0.05, 0.1) is 0 Å². The van der Waals surface area contributed by atoms with Gasteiger partial charge in [0.1, 0.15) is 0 Å². The van der Waals surface area contributed by atoms with Gasteiger partial charge >= 0.3 is 30.4 Å². The lowest BCUT2D eigenvalue weighted by atomic mass is 15.8. The van der Waals surface area contributed by atoms with Crippen LogP contribution in [0.1, 0.15) is 0 Å². The van der Waals surface area contributed by atoms with Crippen molar-refractivity contribution in [3.05, 3.63) is 0 Å². The van der Waals surface area contributed by atoms with Crippen LogP contribution in [-0.4, -0.2) is 30.4 Å². The molecule has 0 aliphatic heterocycles. The topological polar surface area (TPSA) is 9.23 Å². The van der Waals surface area contributed by atoms with Crippen molar-refractivity contribution in [3.63, 3.8) is 0 Å². The van der Waals surface area contributed by atoms with E-state index in [0.717, 1.165) is 16.6 Å². The zero-order valence-corrected chi connectivity index (χ0v) is 7.49. The molecule has 0 fully saturated rings. The van der Waals surface area contributed by atoms with Crippen LogP contribution >= 0.6 is 14.1 Å². The first-order valence-corrected chi connectivity index (χ1v) is 6.26. The standard InChI is InChI=1S/2Al.BrH.O.3H/h;;1H;;;;/q;+1;;;;;/p-1. The van der Waals surface area contributed by atoms with Crippen LogP contribution < -0.4 is 0 Å². The average molecular weight is 153 g/mol. The minimum absolute atomic E-state index is 0.201. The summed E-state index contributed by atoms with van der Waals surface area (Å²) in [7, 11) is 0. The molecule has 4 heteroatoms. The second-order valence-electron chi connectivity index (χ2n) is 0.398. The SMILES string of the molecule is [AlH2][O][AlH][Br]. The minimum atomic E-state index is -0.201. The first kappa shape index (κ1) is 5.50. The highest BCUT2D eigenvalue weighted by molar-refractivity contribution is 9.23. The summed E-state index contributed by atoms with van der Waals surface area (Å²) in [6.45, 7) is 0. The molecule has 0 atom stereocenters. The normalized spacial score (nSPS) is 6.25. The van der Waals surface area contributed by atoms with Gasteiger partial charge in [0.15, 0.2) is 0 Å². The van der Waals surface area contributed by atoms with Gasteiger partial charge in [-0.3, -0.25) is 0 Å². The second-order valence-corrected chi connectivity index (χ2v) is 4.30. The predicted octanol–water partition coefficient (Wildman–Crippen LogP) is -0.788. The minimum Gasteiger partial charge on any atom is -0.636 e. The quantitative estimate of drug-likeness (QED) is 0.448. The lowest BCUT2D eigenvalue weighted by molar-refractivity contribution is 0.686. The zero-order valence-electron chi connectivity index (χ0n) is 2.49. The molecule has 0 bridgehead atoms. The van der Waals surface area contributed by atoms with Gasteiger partial charge in [-0.1, -0.05) is 0 Å². The van der Waals surface area contributed by atoms with Gasteiger partial charge in [0.25, 0.3) is 0 Å². The summed E-state index contributed by atoms with van der Waals surface area (Å²) in [5, 5.41) is 0. The average Bonchev–Trinajstić information content (AvgIpc) is 1.37. The summed E-state index contributed by atoms with van der Waals surface area (Å²) >= 11 is 3.90. The van der Waals surface area contributed by atoms with Crippen molar-refractivity contribution in [3.8, 4) is 0 Å². The van der Waals surface area contributed by atoms with E-state index in [1.165, 1.54) is 0 Å². The molecule has 0 saturated heterocycles. The zero-order chi connectivity index (χ0) is 3.41. The Morgan fingerprint density at radius 3 is 2.25 bits per heavy atom. The predicted molar refractivity (Wildman–Crippen MR) is 25.7 cm³/mol. The molecular formula is H3Al2BrO. The molecule has 0 amide bonds. The van der Waals surface area contributed by atoms with Crippen LogP contribution in [0.25, 0.3) is 0 Å². The van der Waals surface area contributed by atoms with Crippen molar-refractivity contribution in [1.29, 1.82) is 0 Å². The third-order valence-electron chi connectivity index (χ3n) is 0.109. The molecule has 4 heavy (non-hydrogen) atoms. The van der Waals surface area contributed by atoms with Crippen LogP contribution in [0.3, 0.4) is 0 Å². The lowest BCUT2D eigenvalue weighted by Crippen LogP contribution is -1.77. The Balaban J connectivity index is 1.97. The summed E-state index contributed by atoms with van der Waals surface area (Å²) in [6.07, 6.45) is 0. The number of halogens is 1. The van der Waals surface area contributed by atoms with E-state index >= 15 is 0 Å². The highest BCUT2D eigenvalue weighted by Gasteiger charge is 1.68. The van der Waals surface area contributed by atoms with Crippen molar-refractivity contribution in [2.45, 2.75) is 0 Å². The molecule has 0 aromatic carbocycles. The van der Waals surface area contributed by atoms with Crippen LogP contribution in [0.5, 0.6) is 0 Å². The van der Waals surface area contributed by atoms with E-state index in [2.05, 4.69) is 14.1 Å². The monoisotopic (exact) mass is 152 g/mol. The summed E-state index contributed by atoms with van der Waals surface area (Å²) in [4.78, 5) is 0. The molecule has 0 aromatic heterocycles. The van der Waals surface area contributed by atoms with Gasteiger partial charge < -0.3 is 2.84 Å². The van der Waals surface area contributed by atoms with E-state index in [9.17, 15) is 0 Å². The summed E-state index contributed by atoms with van der Waals surface area (Å²) in [5.41, 5.74) is 0. The third-order valence-corrected chi connectivity index (χ3v) is 5.10. The Labute approximate surface area is 47.2 Å². The molecule has 1 nitrogen and oxygen atoms in total. The van der Waals surface area contributed by atoms with Crippen molar-refractivity contribution in [1.82, 2.24) is 0 Å². The third kappa shape index (κ3) is 3.50. The lowest BCUT2D eigenvalue weighted by Gasteiger charge is -1.74. The maximum atomic E-state index is 4.74. The highest BCUT2D eigenvalue weighted by atomic mass is 79.9. The molecule has 0 N–H and O–H groups in total. The number of hydrogen-bond acceptors (Lipinski definition) is 1. The van der Waals surface area contributed by atoms with Crippen LogP contribution in [0.4, 0.5) is 0 Å². The largest absolute Gasteiger partial charge is 0.636 e. The Hall–Kier alpha value is 1.50. The molecule has 0 rings (SSSR count). The molecule has 0 spiro atoms. The summed E-state index contributed by atoms with van der Waals surface area (Å²) in [5.74, 6) is 0. The highest BCUT2D eigenvalue weighted by Crippen LogP contribution is 1.66. The molecule has 0 heterocycles. The molecule has 0 aromatic rings. The Kier molecular flexibility index (Phi) is 6.20. The first-order chi connectivity index (χ1) is 1.91.